The first kappa shape index (κ1) is 10.7. The number of rotatable bonds is 2. The van der Waals surface area contributed by atoms with Crippen molar-refractivity contribution in [3.63, 3.8) is 0 Å². The van der Waals surface area contributed by atoms with Gasteiger partial charge in [-0.3, -0.25) is 4.79 Å². The Morgan fingerprint density at radius 3 is 2.75 bits per heavy atom. The fourth-order valence-corrected chi connectivity index (χ4v) is 1.62. The zero-order valence-electron chi connectivity index (χ0n) is 8.85. The molecule has 0 aromatic heterocycles. The number of carbonyl (C=O) groups excluding carboxylic acids is 1. The molecule has 1 saturated heterocycles. The third-order valence-corrected chi connectivity index (χ3v) is 2.54. The van der Waals surface area contributed by atoms with Crippen LogP contribution in [0.25, 0.3) is 0 Å². The molecule has 0 aliphatic carbocycles. The summed E-state index contributed by atoms with van der Waals surface area (Å²) in [6.45, 7) is 2.00. The van der Waals surface area contributed by atoms with Crippen LogP contribution in [0.1, 0.15) is 11.1 Å². The standard InChI is InChI=1S/C12H12N2O2/c13-7-10-1-3-11(4-2-10)8-14-5-6-16-9-12(14)15/h1-4H,5-6,8-9H2. The predicted octanol–water partition coefficient (Wildman–Crippen LogP) is 0.917. The van der Waals surface area contributed by atoms with E-state index in [1.54, 1.807) is 17.0 Å². The van der Waals surface area contributed by atoms with Crippen LogP contribution in [0.2, 0.25) is 0 Å². The number of carbonyl (C=O) groups is 1. The van der Waals surface area contributed by atoms with Crippen LogP contribution in [0.4, 0.5) is 0 Å². The lowest BCUT2D eigenvalue weighted by atomic mass is 10.1. The maximum Gasteiger partial charge on any atom is 0.248 e. The molecule has 1 aromatic rings. The summed E-state index contributed by atoms with van der Waals surface area (Å²) < 4.78 is 5.05. The van der Waals surface area contributed by atoms with E-state index in [1.807, 2.05) is 12.1 Å². The fraction of sp³-hybridized carbons (Fsp3) is 0.333. The van der Waals surface area contributed by atoms with Crippen LogP contribution in [0, 0.1) is 11.3 Å². The van der Waals surface area contributed by atoms with Crippen molar-refractivity contribution in [2.75, 3.05) is 19.8 Å². The van der Waals surface area contributed by atoms with E-state index in [9.17, 15) is 4.79 Å². The van der Waals surface area contributed by atoms with Crippen molar-refractivity contribution in [2.24, 2.45) is 0 Å². The molecule has 0 radical (unpaired) electrons. The lowest BCUT2D eigenvalue weighted by Crippen LogP contribution is -2.40. The van der Waals surface area contributed by atoms with Crippen LogP contribution < -0.4 is 0 Å². The third kappa shape index (κ3) is 2.38. The first-order valence-corrected chi connectivity index (χ1v) is 5.14. The quantitative estimate of drug-likeness (QED) is 0.738. The van der Waals surface area contributed by atoms with E-state index >= 15 is 0 Å². The van der Waals surface area contributed by atoms with E-state index in [0.29, 0.717) is 25.3 Å². The number of benzene rings is 1. The first-order valence-electron chi connectivity index (χ1n) is 5.14. The van der Waals surface area contributed by atoms with E-state index in [-0.39, 0.29) is 12.5 Å². The highest BCUT2D eigenvalue weighted by Gasteiger charge is 2.18. The molecule has 0 unspecified atom stereocenters. The lowest BCUT2D eigenvalue weighted by Gasteiger charge is -2.26. The van der Waals surface area contributed by atoms with Crippen LogP contribution in [-0.2, 0) is 16.1 Å². The van der Waals surface area contributed by atoms with Crippen molar-refractivity contribution < 1.29 is 9.53 Å². The van der Waals surface area contributed by atoms with E-state index < -0.39 is 0 Å². The van der Waals surface area contributed by atoms with Gasteiger partial charge in [-0.1, -0.05) is 12.1 Å². The molecule has 2 rings (SSSR count). The Hall–Kier alpha value is -1.86. The molecule has 0 spiro atoms. The van der Waals surface area contributed by atoms with E-state index in [2.05, 4.69) is 6.07 Å². The number of nitrogens with zero attached hydrogens (tertiary/aromatic N) is 2. The van der Waals surface area contributed by atoms with Crippen molar-refractivity contribution in [2.45, 2.75) is 6.54 Å². The summed E-state index contributed by atoms with van der Waals surface area (Å²) in [5.74, 6) is 0.0237. The summed E-state index contributed by atoms with van der Waals surface area (Å²) in [6, 6.07) is 9.35. The van der Waals surface area contributed by atoms with E-state index in [4.69, 9.17) is 10.00 Å². The molecule has 1 aromatic carbocycles. The molecule has 16 heavy (non-hydrogen) atoms. The SMILES string of the molecule is N#Cc1ccc(CN2CCOCC2=O)cc1. The second-order valence-corrected chi connectivity index (χ2v) is 3.68. The van der Waals surface area contributed by atoms with Crippen molar-refractivity contribution in [3.05, 3.63) is 35.4 Å². The minimum atomic E-state index is 0.0237. The van der Waals surface area contributed by atoms with E-state index in [0.717, 1.165) is 5.56 Å². The smallest absolute Gasteiger partial charge is 0.248 e. The zero-order valence-corrected chi connectivity index (χ0v) is 8.85. The molecule has 1 amide bonds. The van der Waals surface area contributed by atoms with Gasteiger partial charge in [-0.2, -0.15) is 5.26 Å². The van der Waals surface area contributed by atoms with Crippen LogP contribution in [-0.4, -0.2) is 30.6 Å². The van der Waals surface area contributed by atoms with E-state index in [1.165, 1.54) is 0 Å². The molecular weight excluding hydrogens is 204 g/mol. The highest BCUT2D eigenvalue weighted by atomic mass is 16.5. The van der Waals surface area contributed by atoms with Gasteiger partial charge in [0.25, 0.3) is 0 Å². The number of hydrogen-bond acceptors (Lipinski definition) is 3. The Morgan fingerprint density at radius 1 is 1.38 bits per heavy atom. The summed E-state index contributed by atoms with van der Waals surface area (Å²) in [7, 11) is 0. The van der Waals surface area contributed by atoms with Gasteiger partial charge in [0.1, 0.15) is 6.61 Å². The number of ether oxygens (including phenoxy) is 1. The lowest BCUT2D eigenvalue weighted by molar-refractivity contribution is -0.143. The Balaban J connectivity index is 2.03. The summed E-state index contributed by atoms with van der Waals surface area (Å²) in [5.41, 5.74) is 1.67. The largest absolute Gasteiger partial charge is 0.370 e. The van der Waals surface area contributed by atoms with Crippen molar-refractivity contribution in [3.8, 4) is 6.07 Å². The number of amides is 1. The molecule has 4 nitrogen and oxygen atoms in total. The van der Waals surface area contributed by atoms with Crippen molar-refractivity contribution in [1.29, 1.82) is 5.26 Å². The average Bonchev–Trinajstić information content (AvgIpc) is 2.33. The summed E-state index contributed by atoms with van der Waals surface area (Å²) in [6.07, 6.45) is 0. The fourth-order valence-electron chi connectivity index (χ4n) is 1.62. The molecule has 82 valence electrons. The Labute approximate surface area is 94.0 Å². The second kappa shape index (κ2) is 4.77. The number of morpholine rings is 1. The van der Waals surface area contributed by atoms with Gasteiger partial charge in [-0.25, -0.2) is 0 Å². The number of hydrogen-bond donors (Lipinski definition) is 0. The monoisotopic (exact) mass is 216 g/mol. The highest BCUT2D eigenvalue weighted by Crippen LogP contribution is 2.09. The molecule has 1 fully saturated rings. The molecule has 4 heteroatoms. The van der Waals surface area contributed by atoms with Gasteiger partial charge < -0.3 is 9.64 Å². The molecular formula is C12H12N2O2. The van der Waals surface area contributed by atoms with Gasteiger partial charge >= 0.3 is 0 Å². The van der Waals surface area contributed by atoms with Gasteiger partial charge in [0.15, 0.2) is 0 Å². The van der Waals surface area contributed by atoms with Crippen molar-refractivity contribution >= 4 is 5.91 Å². The van der Waals surface area contributed by atoms with Crippen LogP contribution in [0.5, 0.6) is 0 Å². The molecule has 1 aliphatic heterocycles. The highest BCUT2D eigenvalue weighted by molar-refractivity contribution is 5.78. The summed E-state index contributed by atoms with van der Waals surface area (Å²) >= 11 is 0. The molecule has 0 saturated carbocycles. The second-order valence-electron chi connectivity index (χ2n) is 3.68. The summed E-state index contributed by atoms with van der Waals surface area (Å²) in [5, 5.41) is 8.66. The first-order chi connectivity index (χ1) is 7.79. The van der Waals surface area contributed by atoms with Gasteiger partial charge in [0.05, 0.1) is 18.2 Å². The molecule has 0 N–H and O–H groups in total. The van der Waals surface area contributed by atoms with Gasteiger partial charge in [-0.05, 0) is 17.7 Å². The molecule has 1 heterocycles. The third-order valence-electron chi connectivity index (χ3n) is 2.54. The van der Waals surface area contributed by atoms with Crippen LogP contribution in [0.15, 0.2) is 24.3 Å². The van der Waals surface area contributed by atoms with Crippen LogP contribution in [0.3, 0.4) is 0 Å². The summed E-state index contributed by atoms with van der Waals surface area (Å²) in [4.78, 5) is 13.2. The zero-order chi connectivity index (χ0) is 11.4. The Kier molecular flexibility index (Phi) is 3.18. The maximum atomic E-state index is 11.5. The topological polar surface area (TPSA) is 53.3 Å². The molecule has 1 aliphatic rings. The minimum Gasteiger partial charge on any atom is -0.370 e. The van der Waals surface area contributed by atoms with Gasteiger partial charge in [0.2, 0.25) is 5.91 Å². The average molecular weight is 216 g/mol. The molecule has 0 bridgehead atoms. The normalized spacial score (nSPS) is 15.9. The van der Waals surface area contributed by atoms with Crippen LogP contribution >= 0.6 is 0 Å². The van der Waals surface area contributed by atoms with Gasteiger partial charge in [0, 0.05) is 13.1 Å². The number of nitriles is 1. The van der Waals surface area contributed by atoms with Crippen molar-refractivity contribution in [1.82, 2.24) is 4.90 Å². The predicted molar refractivity (Wildman–Crippen MR) is 57.4 cm³/mol. The Bertz CT molecular complexity index is 420. The molecule has 0 atom stereocenters. The van der Waals surface area contributed by atoms with Gasteiger partial charge in [-0.15, -0.1) is 0 Å². The maximum absolute atomic E-state index is 11.5. The Morgan fingerprint density at radius 2 is 2.12 bits per heavy atom. The minimum absolute atomic E-state index is 0.0237.